The summed E-state index contributed by atoms with van der Waals surface area (Å²) in [5, 5.41) is 9.06. The van der Waals surface area contributed by atoms with Gasteiger partial charge in [0.25, 0.3) is 0 Å². The van der Waals surface area contributed by atoms with E-state index in [1.54, 1.807) is 6.07 Å². The number of rotatable bonds is 3. The number of aryl methyl sites for hydroxylation is 2. The fraction of sp³-hybridized carbons (Fsp3) is 0.133. The van der Waals surface area contributed by atoms with Gasteiger partial charge in [-0.1, -0.05) is 29.3 Å². The first-order chi connectivity index (χ1) is 8.97. The van der Waals surface area contributed by atoms with E-state index in [1.165, 1.54) is 12.1 Å². The zero-order valence-electron chi connectivity index (χ0n) is 10.6. The van der Waals surface area contributed by atoms with Crippen LogP contribution in [0.4, 0.5) is 0 Å². The lowest BCUT2D eigenvalue weighted by atomic mass is 10.1. The summed E-state index contributed by atoms with van der Waals surface area (Å²) < 4.78 is 5.70. The molecule has 0 bridgehead atoms. The number of benzene rings is 2. The van der Waals surface area contributed by atoms with Gasteiger partial charge in [-0.15, -0.1) is 0 Å². The lowest BCUT2D eigenvalue weighted by Gasteiger charge is -2.10. The summed E-state index contributed by atoms with van der Waals surface area (Å²) in [5.74, 6) is 0.190. The van der Waals surface area contributed by atoms with Crippen LogP contribution in [0.5, 0.6) is 11.5 Å². The molecule has 0 fully saturated rings. The molecule has 0 aromatic heterocycles. The molecule has 0 saturated heterocycles. The molecule has 2 aromatic rings. The molecule has 2 rings (SSSR count). The van der Waals surface area contributed by atoms with Crippen LogP contribution in [0.25, 0.3) is 0 Å². The third-order valence-corrected chi connectivity index (χ3v) is 3.04. The van der Waals surface area contributed by atoms with Crippen LogP contribution >= 0.6 is 11.6 Å². The molecule has 0 radical (unpaired) electrons. The molecule has 0 unspecified atom stereocenters. The Bertz CT molecular complexity index is 635. The van der Waals surface area contributed by atoms with Gasteiger partial charge >= 0.3 is 5.97 Å². The van der Waals surface area contributed by atoms with Crippen LogP contribution in [-0.4, -0.2) is 11.1 Å². The van der Waals surface area contributed by atoms with E-state index in [1.807, 2.05) is 32.0 Å². The van der Waals surface area contributed by atoms with E-state index >= 15 is 0 Å². The van der Waals surface area contributed by atoms with Crippen molar-refractivity contribution >= 4 is 17.6 Å². The van der Waals surface area contributed by atoms with E-state index in [2.05, 4.69) is 0 Å². The van der Waals surface area contributed by atoms with Gasteiger partial charge in [-0.05, 0) is 37.6 Å². The maximum atomic E-state index is 10.9. The smallest absolute Gasteiger partial charge is 0.337 e. The summed E-state index contributed by atoms with van der Waals surface area (Å²) in [5.41, 5.74) is 2.23. The Hall–Kier alpha value is -2.00. The molecular formula is C15H13ClO3. The molecule has 3 nitrogen and oxygen atoms in total. The van der Waals surface area contributed by atoms with Gasteiger partial charge in [-0.2, -0.15) is 0 Å². The molecule has 0 saturated carbocycles. The Morgan fingerprint density at radius 1 is 1.16 bits per heavy atom. The van der Waals surface area contributed by atoms with E-state index in [9.17, 15) is 4.79 Å². The van der Waals surface area contributed by atoms with Crippen molar-refractivity contribution in [3.63, 3.8) is 0 Å². The molecule has 4 heteroatoms. The van der Waals surface area contributed by atoms with Crippen LogP contribution in [0.2, 0.25) is 5.02 Å². The minimum atomic E-state index is -1.05. The zero-order chi connectivity index (χ0) is 14.0. The van der Waals surface area contributed by atoms with Crippen molar-refractivity contribution in [1.82, 2.24) is 0 Å². The van der Waals surface area contributed by atoms with Crippen molar-refractivity contribution < 1.29 is 14.6 Å². The van der Waals surface area contributed by atoms with Crippen LogP contribution in [-0.2, 0) is 0 Å². The second-order valence-corrected chi connectivity index (χ2v) is 4.73. The highest BCUT2D eigenvalue weighted by atomic mass is 35.5. The Balaban J connectivity index is 2.29. The predicted octanol–water partition coefficient (Wildman–Crippen LogP) is 4.45. The number of ether oxygens (including phenoxy) is 1. The van der Waals surface area contributed by atoms with Crippen molar-refractivity contribution in [1.29, 1.82) is 0 Å². The third kappa shape index (κ3) is 3.06. The molecule has 98 valence electrons. The van der Waals surface area contributed by atoms with Crippen molar-refractivity contribution in [3.05, 3.63) is 58.1 Å². The van der Waals surface area contributed by atoms with Crippen LogP contribution in [0.1, 0.15) is 21.5 Å². The van der Waals surface area contributed by atoms with Crippen molar-refractivity contribution in [2.24, 2.45) is 0 Å². The second-order valence-electron chi connectivity index (χ2n) is 4.32. The summed E-state index contributed by atoms with van der Waals surface area (Å²) in [6.45, 7) is 3.96. The summed E-state index contributed by atoms with van der Waals surface area (Å²) in [6.07, 6.45) is 0. The van der Waals surface area contributed by atoms with Crippen LogP contribution in [0.3, 0.4) is 0 Å². The first-order valence-electron chi connectivity index (χ1n) is 5.75. The fourth-order valence-electron chi connectivity index (χ4n) is 1.77. The number of aromatic carboxylic acids is 1. The first-order valence-corrected chi connectivity index (χ1v) is 6.13. The summed E-state index contributed by atoms with van der Waals surface area (Å²) in [6, 6.07) is 10.4. The summed E-state index contributed by atoms with van der Waals surface area (Å²) in [7, 11) is 0. The molecule has 19 heavy (non-hydrogen) atoms. The van der Waals surface area contributed by atoms with Gasteiger partial charge in [0.15, 0.2) is 0 Å². The number of hydrogen-bond acceptors (Lipinski definition) is 2. The maximum Gasteiger partial charge on any atom is 0.337 e. The van der Waals surface area contributed by atoms with Crippen LogP contribution in [0, 0.1) is 13.8 Å². The Labute approximate surface area is 116 Å². The van der Waals surface area contributed by atoms with Crippen molar-refractivity contribution in [3.8, 4) is 11.5 Å². The molecule has 0 spiro atoms. The highest BCUT2D eigenvalue weighted by molar-refractivity contribution is 6.33. The summed E-state index contributed by atoms with van der Waals surface area (Å²) >= 11 is 5.89. The van der Waals surface area contributed by atoms with Gasteiger partial charge < -0.3 is 9.84 Å². The average molecular weight is 277 g/mol. The molecule has 1 N–H and O–H groups in total. The van der Waals surface area contributed by atoms with Gasteiger partial charge in [-0.25, -0.2) is 4.79 Å². The number of carboxylic acid groups (broad SMARTS) is 1. The van der Waals surface area contributed by atoms with Gasteiger partial charge in [0, 0.05) is 6.07 Å². The van der Waals surface area contributed by atoms with Gasteiger partial charge in [-0.3, -0.25) is 0 Å². The largest absolute Gasteiger partial charge is 0.478 e. The number of carboxylic acids is 1. The lowest BCUT2D eigenvalue weighted by Crippen LogP contribution is -1.97. The molecule has 0 aliphatic rings. The van der Waals surface area contributed by atoms with Crippen molar-refractivity contribution in [2.75, 3.05) is 0 Å². The van der Waals surface area contributed by atoms with Gasteiger partial charge in [0.05, 0.1) is 10.6 Å². The molecule has 0 aliphatic carbocycles. The van der Waals surface area contributed by atoms with Crippen molar-refractivity contribution in [2.45, 2.75) is 13.8 Å². The number of hydrogen-bond donors (Lipinski definition) is 1. The standard InChI is InChI=1S/C15H13ClO3/c1-9-3-6-14(10(2)7-9)19-11-4-5-12(15(17)18)13(16)8-11/h3-8H,1-2H3,(H,17,18). The molecular weight excluding hydrogens is 264 g/mol. The first kappa shape index (κ1) is 13.4. The molecule has 0 heterocycles. The second kappa shape index (κ2) is 5.33. The monoisotopic (exact) mass is 276 g/mol. The lowest BCUT2D eigenvalue weighted by molar-refractivity contribution is 0.0697. The van der Waals surface area contributed by atoms with E-state index in [4.69, 9.17) is 21.4 Å². The van der Waals surface area contributed by atoms with Crippen LogP contribution < -0.4 is 4.74 Å². The van der Waals surface area contributed by atoms with Gasteiger partial charge in [0.2, 0.25) is 0 Å². The zero-order valence-corrected chi connectivity index (χ0v) is 11.4. The van der Waals surface area contributed by atoms with Gasteiger partial charge in [0.1, 0.15) is 11.5 Å². The van der Waals surface area contributed by atoms with E-state index < -0.39 is 5.97 Å². The molecule has 0 aliphatic heterocycles. The quantitative estimate of drug-likeness (QED) is 0.901. The normalized spacial score (nSPS) is 10.3. The Morgan fingerprint density at radius 2 is 1.89 bits per heavy atom. The minimum absolute atomic E-state index is 0.0645. The topological polar surface area (TPSA) is 46.5 Å². The maximum absolute atomic E-state index is 10.9. The predicted molar refractivity (Wildman–Crippen MR) is 74.4 cm³/mol. The average Bonchev–Trinajstić information content (AvgIpc) is 2.32. The SMILES string of the molecule is Cc1ccc(Oc2ccc(C(=O)O)c(Cl)c2)c(C)c1. The molecule has 0 atom stereocenters. The number of halogens is 1. The third-order valence-electron chi connectivity index (χ3n) is 2.73. The molecule has 0 amide bonds. The van der Waals surface area contributed by atoms with Crippen LogP contribution in [0.15, 0.2) is 36.4 Å². The Morgan fingerprint density at radius 3 is 2.47 bits per heavy atom. The molecule has 2 aromatic carbocycles. The minimum Gasteiger partial charge on any atom is -0.478 e. The fourth-order valence-corrected chi connectivity index (χ4v) is 2.02. The highest BCUT2D eigenvalue weighted by Gasteiger charge is 2.10. The van der Waals surface area contributed by atoms with E-state index in [0.717, 1.165) is 16.9 Å². The number of carbonyl (C=O) groups is 1. The van der Waals surface area contributed by atoms with E-state index in [0.29, 0.717) is 5.75 Å². The van der Waals surface area contributed by atoms with E-state index in [-0.39, 0.29) is 10.6 Å². The Kier molecular flexibility index (Phi) is 3.76. The summed E-state index contributed by atoms with van der Waals surface area (Å²) in [4.78, 5) is 10.9. The highest BCUT2D eigenvalue weighted by Crippen LogP contribution is 2.29.